The first-order chi connectivity index (χ1) is 16.9. The van der Waals surface area contributed by atoms with Gasteiger partial charge >= 0.3 is 0 Å². The molecule has 6 rings (SSSR count). The Bertz CT molecular complexity index is 1710. The van der Waals surface area contributed by atoms with Crippen molar-refractivity contribution in [2.75, 3.05) is 0 Å². The molecule has 0 aliphatic carbocycles. The number of pyridine rings is 1. The van der Waals surface area contributed by atoms with Gasteiger partial charge in [-0.2, -0.15) is 0 Å². The molecule has 0 unspecified atom stereocenters. The minimum absolute atomic E-state index is 0.236. The van der Waals surface area contributed by atoms with Crippen molar-refractivity contribution in [2.24, 2.45) is 5.41 Å². The topological polar surface area (TPSA) is 12.9 Å². The van der Waals surface area contributed by atoms with Crippen LogP contribution in [0.2, 0.25) is 0 Å². The van der Waals surface area contributed by atoms with Crippen LogP contribution in [0.4, 0.5) is 0 Å². The van der Waals surface area contributed by atoms with E-state index in [9.17, 15) is 0 Å². The summed E-state index contributed by atoms with van der Waals surface area (Å²) in [5.74, 6) is 0. The lowest BCUT2D eigenvalue weighted by Crippen LogP contribution is -2.10. The Hall–Kier alpha value is -3.49. The molecule has 0 atom stereocenters. The predicted octanol–water partition coefficient (Wildman–Crippen LogP) is 9.83. The zero-order chi connectivity index (χ0) is 24.2. The van der Waals surface area contributed by atoms with Gasteiger partial charge in [-0.25, -0.2) is 0 Å². The van der Waals surface area contributed by atoms with E-state index >= 15 is 0 Å². The number of fused-ring (bicyclic) bond motifs is 4. The first-order valence-corrected chi connectivity index (χ1v) is 13.1. The number of aromatic nitrogens is 1. The lowest BCUT2D eigenvalue weighted by atomic mass is 9.86. The maximum absolute atomic E-state index is 4.89. The number of hydrogen-bond donors (Lipinski definition) is 0. The monoisotopic (exact) mass is 471 g/mol. The Morgan fingerprint density at radius 3 is 2.06 bits per heavy atom. The summed E-state index contributed by atoms with van der Waals surface area (Å²) in [5.41, 5.74) is 7.78. The van der Waals surface area contributed by atoms with Crippen LogP contribution in [-0.2, 0) is 6.42 Å². The van der Waals surface area contributed by atoms with Gasteiger partial charge in [0.05, 0.1) is 5.69 Å². The maximum atomic E-state index is 4.89. The standard InChI is InChI=1S/C33H29NS/c1-21-20-34-30(18-23(21)19-33(2,3)4)29-17-9-16-28-27-15-8-14-26(31(27)35-32(28)29)25-13-7-11-22-10-5-6-12-24(22)25/h5-18,20H,19H2,1-4H3. The molecule has 1 nitrogen and oxygen atoms in total. The van der Waals surface area contributed by atoms with E-state index < -0.39 is 0 Å². The Morgan fingerprint density at radius 1 is 0.686 bits per heavy atom. The number of benzene rings is 4. The summed E-state index contributed by atoms with van der Waals surface area (Å²) in [6, 6.07) is 31.0. The molecule has 2 aromatic heterocycles. The van der Waals surface area contributed by atoms with Gasteiger partial charge in [0, 0.05) is 37.5 Å². The van der Waals surface area contributed by atoms with E-state index in [0.29, 0.717) is 0 Å². The zero-order valence-electron chi connectivity index (χ0n) is 20.7. The van der Waals surface area contributed by atoms with Crippen LogP contribution in [0.1, 0.15) is 31.9 Å². The fraction of sp³-hybridized carbons (Fsp3) is 0.182. The maximum Gasteiger partial charge on any atom is 0.0719 e. The third-order valence-electron chi connectivity index (χ3n) is 6.82. The van der Waals surface area contributed by atoms with Crippen LogP contribution < -0.4 is 0 Å². The number of aryl methyl sites for hydroxylation is 1. The third kappa shape index (κ3) is 3.92. The summed E-state index contributed by atoms with van der Waals surface area (Å²) < 4.78 is 2.65. The summed E-state index contributed by atoms with van der Waals surface area (Å²) in [6.07, 6.45) is 3.09. The van der Waals surface area contributed by atoms with E-state index in [1.807, 2.05) is 17.5 Å². The fourth-order valence-corrected chi connectivity index (χ4v) is 6.52. The predicted molar refractivity (Wildman–Crippen MR) is 153 cm³/mol. The van der Waals surface area contributed by atoms with Crippen LogP contribution in [0.25, 0.3) is 53.3 Å². The molecule has 2 heteroatoms. The molecule has 0 spiro atoms. The molecule has 172 valence electrons. The van der Waals surface area contributed by atoms with Crippen molar-refractivity contribution >= 4 is 42.3 Å². The van der Waals surface area contributed by atoms with Crippen LogP contribution in [0.3, 0.4) is 0 Å². The number of thiophene rings is 1. The highest BCUT2D eigenvalue weighted by atomic mass is 32.1. The van der Waals surface area contributed by atoms with Crippen molar-refractivity contribution in [3.05, 3.63) is 102 Å². The summed E-state index contributed by atoms with van der Waals surface area (Å²) >= 11 is 1.90. The molecule has 0 fully saturated rings. The van der Waals surface area contributed by atoms with Gasteiger partial charge in [0.25, 0.3) is 0 Å². The van der Waals surface area contributed by atoms with Crippen molar-refractivity contribution < 1.29 is 0 Å². The van der Waals surface area contributed by atoms with Crippen LogP contribution in [0.15, 0.2) is 91.1 Å². The van der Waals surface area contributed by atoms with Gasteiger partial charge in [-0.15, -0.1) is 11.3 Å². The lowest BCUT2D eigenvalue weighted by molar-refractivity contribution is 0.410. The zero-order valence-corrected chi connectivity index (χ0v) is 21.5. The third-order valence-corrected chi connectivity index (χ3v) is 8.10. The molecule has 0 amide bonds. The van der Waals surface area contributed by atoms with Crippen molar-refractivity contribution in [2.45, 2.75) is 34.1 Å². The highest BCUT2D eigenvalue weighted by molar-refractivity contribution is 7.26. The lowest BCUT2D eigenvalue weighted by Gasteiger charge is -2.20. The van der Waals surface area contributed by atoms with Crippen molar-refractivity contribution in [1.29, 1.82) is 0 Å². The minimum atomic E-state index is 0.236. The second kappa shape index (κ2) is 8.32. The van der Waals surface area contributed by atoms with Gasteiger partial charge in [0.1, 0.15) is 0 Å². The molecule has 0 saturated heterocycles. The molecule has 0 radical (unpaired) electrons. The minimum Gasteiger partial charge on any atom is -0.256 e. The van der Waals surface area contributed by atoms with Gasteiger partial charge in [-0.05, 0) is 52.3 Å². The van der Waals surface area contributed by atoms with E-state index in [4.69, 9.17) is 4.98 Å². The Morgan fingerprint density at radius 2 is 1.29 bits per heavy atom. The molecule has 0 aliphatic heterocycles. The van der Waals surface area contributed by atoms with E-state index in [0.717, 1.165) is 12.1 Å². The average Bonchev–Trinajstić information content (AvgIpc) is 3.23. The normalized spacial score (nSPS) is 12.1. The number of nitrogens with zero attached hydrogens (tertiary/aromatic N) is 1. The molecule has 35 heavy (non-hydrogen) atoms. The average molecular weight is 472 g/mol. The van der Waals surface area contributed by atoms with Gasteiger partial charge in [-0.3, -0.25) is 4.98 Å². The smallest absolute Gasteiger partial charge is 0.0719 e. The summed E-state index contributed by atoms with van der Waals surface area (Å²) in [5, 5.41) is 5.20. The SMILES string of the molecule is Cc1cnc(-c2cccc3c2sc2c(-c4cccc5ccccc45)cccc23)cc1CC(C)(C)C. The second-order valence-electron chi connectivity index (χ2n) is 10.7. The molecule has 2 heterocycles. The van der Waals surface area contributed by atoms with Crippen LogP contribution in [-0.4, -0.2) is 4.98 Å². The Balaban J connectivity index is 1.58. The summed E-state index contributed by atoms with van der Waals surface area (Å²) in [4.78, 5) is 4.89. The first kappa shape index (κ1) is 22.0. The molecule has 4 aromatic carbocycles. The van der Waals surface area contributed by atoms with E-state index in [-0.39, 0.29) is 5.41 Å². The van der Waals surface area contributed by atoms with E-state index in [2.05, 4.69) is 113 Å². The summed E-state index contributed by atoms with van der Waals surface area (Å²) in [6.45, 7) is 9.07. The molecule has 6 aromatic rings. The van der Waals surface area contributed by atoms with Crippen molar-refractivity contribution in [3.63, 3.8) is 0 Å². The van der Waals surface area contributed by atoms with Gasteiger partial charge < -0.3 is 0 Å². The summed E-state index contributed by atoms with van der Waals surface area (Å²) in [7, 11) is 0. The van der Waals surface area contributed by atoms with Crippen molar-refractivity contribution in [1.82, 2.24) is 4.98 Å². The van der Waals surface area contributed by atoms with Gasteiger partial charge in [0.15, 0.2) is 0 Å². The van der Waals surface area contributed by atoms with Crippen LogP contribution in [0.5, 0.6) is 0 Å². The Kier molecular flexibility index (Phi) is 5.23. The van der Waals surface area contributed by atoms with E-state index in [1.165, 1.54) is 58.8 Å². The van der Waals surface area contributed by atoms with Crippen molar-refractivity contribution in [3.8, 4) is 22.4 Å². The second-order valence-corrected chi connectivity index (χ2v) is 11.7. The molecule has 0 saturated carbocycles. The highest BCUT2D eigenvalue weighted by Crippen LogP contribution is 2.44. The number of rotatable bonds is 3. The van der Waals surface area contributed by atoms with Crippen LogP contribution >= 0.6 is 11.3 Å². The Labute approximate surface area is 211 Å². The largest absolute Gasteiger partial charge is 0.256 e. The number of hydrogen-bond acceptors (Lipinski definition) is 2. The first-order valence-electron chi connectivity index (χ1n) is 12.3. The van der Waals surface area contributed by atoms with Gasteiger partial charge in [-0.1, -0.05) is 99.6 Å². The molecule has 0 bridgehead atoms. The highest BCUT2D eigenvalue weighted by Gasteiger charge is 2.18. The molecular formula is C33H29NS. The molecule has 0 aliphatic rings. The molecular weight excluding hydrogens is 442 g/mol. The van der Waals surface area contributed by atoms with Gasteiger partial charge in [0.2, 0.25) is 0 Å². The van der Waals surface area contributed by atoms with E-state index in [1.54, 1.807) is 0 Å². The molecule has 0 N–H and O–H groups in total. The fourth-order valence-electron chi connectivity index (χ4n) is 5.17. The quantitative estimate of drug-likeness (QED) is 0.250. The van der Waals surface area contributed by atoms with Crippen LogP contribution in [0, 0.1) is 12.3 Å².